The Hall–Kier alpha value is -1.19. The molecule has 0 saturated carbocycles. The van der Waals surface area contributed by atoms with Crippen molar-refractivity contribution in [3.05, 3.63) is 69.4 Å². The van der Waals surface area contributed by atoms with E-state index >= 15 is 0 Å². The fraction of sp³-hybridized carbons (Fsp3) is 0.143. The Morgan fingerprint density at radius 3 is 2.47 bits per heavy atom. The third kappa shape index (κ3) is 2.56. The smallest absolute Gasteiger partial charge is 0.124 e. The molecule has 2 N–H and O–H groups in total. The molecule has 0 saturated heterocycles. The molecule has 0 aliphatic carbocycles. The van der Waals surface area contributed by atoms with Crippen molar-refractivity contribution in [2.24, 2.45) is 5.73 Å². The molecule has 0 fully saturated rings. The molecule has 0 aromatic heterocycles. The first-order valence-electron chi connectivity index (χ1n) is 5.35. The van der Waals surface area contributed by atoms with Crippen LogP contribution in [0.1, 0.15) is 22.7 Å². The zero-order chi connectivity index (χ0) is 12.4. The molecule has 1 atom stereocenters. The maximum Gasteiger partial charge on any atom is 0.124 e. The van der Waals surface area contributed by atoms with Crippen LogP contribution in [-0.4, -0.2) is 0 Å². The van der Waals surface area contributed by atoms with Gasteiger partial charge in [0.1, 0.15) is 5.82 Å². The maximum atomic E-state index is 13.0. The van der Waals surface area contributed by atoms with Gasteiger partial charge >= 0.3 is 0 Å². The number of hydrogen-bond acceptors (Lipinski definition) is 1. The first-order valence-corrected chi connectivity index (χ1v) is 6.15. The first-order chi connectivity index (χ1) is 8.09. The number of rotatable bonds is 2. The van der Waals surface area contributed by atoms with Crippen LogP contribution in [0.2, 0.25) is 0 Å². The van der Waals surface area contributed by atoms with Crippen molar-refractivity contribution in [3.8, 4) is 0 Å². The van der Waals surface area contributed by atoms with Gasteiger partial charge in [-0.25, -0.2) is 4.39 Å². The Bertz CT molecular complexity index is 539. The van der Waals surface area contributed by atoms with Gasteiger partial charge in [-0.2, -0.15) is 0 Å². The van der Waals surface area contributed by atoms with Crippen LogP contribution in [0, 0.1) is 12.7 Å². The minimum Gasteiger partial charge on any atom is -0.320 e. The number of aryl methyl sites for hydroxylation is 1. The van der Waals surface area contributed by atoms with Gasteiger partial charge in [-0.1, -0.05) is 46.3 Å². The van der Waals surface area contributed by atoms with Gasteiger partial charge in [0.2, 0.25) is 0 Å². The average Bonchev–Trinajstić information content (AvgIpc) is 2.29. The highest BCUT2D eigenvalue weighted by molar-refractivity contribution is 9.10. The summed E-state index contributed by atoms with van der Waals surface area (Å²) in [5.41, 5.74) is 9.30. The van der Waals surface area contributed by atoms with E-state index in [0.717, 1.165) is 16.7 Å². The summed E-state index contributed by atoms with van der Waals surface area (Å²) >= 11 is 3.35. The minimum atomic E-state index is -0.266. The van der Waals surface area contributed by atoms with E-state index in [1.807, 2.05) is 31.2 Å². The van der Waals surface area contributed by atoms with Gasteiger partial charge in [-0.3, -0.25) is 0 Å². The average molecular weight is 294 g/mol. The van der Waals surface area contributed by atoms with E-state index in [1.54, 1.807) is 6.07 Å². The molecule has 0 aliphatic rings. The summed E-state index contributed by atoms with van der Waals surface area (Å²) in [6, 6.07) is 12.3. The molecule has 2 aromatic rings. The lowest BCUT2D eigenvalue weighted by atomic mass is 9.96. The molecule has 3 heteroatoms. The van der Waals surface area contributed by atoms with Crippen molar-refractivity contribution < 1.29 is 4.39 Å². The van der Waals surface area contributed by atoms with Crippen molar-refractivity contribution >= 4 is 15.9 Å². The van der Waals surface area contributed by atoms with Gasteiger partial charge in [0.05, 0.1) is 6.04 Å². The summed E-state index contributed by atoms with van der Waals surface area (Å²) < 4.78 is 13.7. The van der Waals surface area contributed by atoms with Gasteiger partial charge < -0.3 is 5.73 Å². The molecule has 2 rings (SSSR count). The van der Waals surface area contributed by atoms with Crippen LogP contribution in [0.25, 0.3) is 0 Å². The van der Waals surface area contributed by atoms with E-state index in [0.29, 0.717) is 4.47 Å². The Morgan fingerprint density at radius 2 is 1.82 bits per heavy atom. The van der Waals surface area contributed by atoms with Crippen LogP contribution in [-0.2, 0) is 0 Å². The van der Waals surface area contributed by atoms with Crippen LogP contribution in [0.15, 0.2) is 46.9 Å². The quantitative estimate of drug-likeness (QED) is 0.892. The summed E-state index contributed by atoms with van der Waals surface area (Å²) in [5, 5.41) is 0. The largest absolute Gasteiger partial charge is 0.320 e. The Morgan fingerprint density at radius 1 is 1.12 bits per heavy atom. The van der Waals surface area contributed by atoms with E-state index in [1.165, 1.54) is 12.1 Å². The van der Waals surface area contributed by atoms with Crippen molar-refractivity contribution in [1.82, 2.24) is 0 Å². The van der Waals surface area contributed by atoms with E-state index in [2.05, 4.69) is 15.9 Å². The second-order valence-electron chi connectivity index (χ2n) is 4.00. The second kappa shape index (κ2) is 4.98. The lowest BCUT2D eigenvalue weighted by Gasteiger charge is -2.16. The highest BCUT2D eigenvalue weighted by Gasteiger charge is 2.14. The Kier molecular flexibility index (Phi) is 3.60. The third-order valence-corrected chi connectivity index (χ3v) is 3.51. The van der Waals surface area contributed by atoms with Crippen LogP contribution >= 0.6 is 15.9 Å². The van der Waals surface area contributed by atoms with Crippen molar-refractivity contribution in [1.29, 1.82) is 0 Å². The molecular formula is C14H13BrFN. The molecule has 1 nitrogen and oxygen atoms in total. The zero-order valence-electron chi connectivity index (χ0n) is 9.45. The van der Waals surface area contributed by atoms with E-state index in [4.69, 9.17) is 5.73 Å². The lowest BCUT2D eigenvalue weighted by molar-refractivity contribution is 0.625. The molecule has 0 spiro atoms. The molecular weight excluding hydrogens is 281 g/mol. The normalized spacial score (nSPS) is 12.5. The SMILES string of the molecule is Cc1ccccc1C(N)c1ccc(F)cc1Br. The second-order valence-corrected chi connectivity index (χ2v) is 4.85. The number of nitrogens with two attached hydrogens (primary N) is 1. The molecule has 2 aromatic carbocycles. The van der Waals surface area contributed by atoms with Crippen LogP contribution in [0.5, 0.6) is 0 Å². The fourth-order valence-corrected chi connectivity index (χ4v) is 2.45. The highest BCUT2D eigenvalue weighted by atomic mass is 79.9. The van der Waals surface area contributed by atoms with Crippen molar-refractivity contribution in [3.63, 3.8) is 0 Å². The lowest BCUT2D eigenvalue weighted by Crippen LogP contribution is -2.13. The number of hydrogen-bond donors (Lipinski definition) is 1. The molecule has 0 amide bonds. The fourth-order valence-electron chi connectivity index (χ4n) is 1.86. The summed E-state index contributed by atoms with van der Waals surface area (Å²) in [6.45, 7) is 2.02. The van der Waals surface area contributed by atoms with Gasteiger partial charge in [-0.05, 0) is 35.7 Å². The standard InChI is InChI=1S/C14H13BrFN/c1-9-4-2-3-5-11(9)14(17)12-7-6-10(16)8-13(12)15/h2-8,14H,17H2,1H3. The van der Waals surface area contributed by atoms with Crippen molar-refractivity contribution in [2.75, 3.05) is 0 Å². The highest BCUT2D eigenvalue weighted by Crippen LogP contribution is 2.28. The molecule has 0 aliphatic heterocycles. The van der Waals surface area contributed by atoms with Crippen LogP contribution in [0.4, 0.5) is 4.39 Å². The van der Waals surface area contributed by atoms with Crippen LogP contribution in [0.3, 0.4) is 0 Å². The Balaban J connectivity index is 2.44. The van der Waals surface area contributed by atoms with E-state index in [9.17, 15) is 4.39 Å². The molecule has 1 unspecified atom stereocenters. The third-order valence-electron chi connectivity index (χ3n) is 2.82. The van der Waals surface area contributed by atoms with Crippen molar-refractivity contribution in [2.45, 2.75) is 13.0 Å². The summed E-state index contributed by atoms with van der Waals surface area (Å²) in [4.78, 5) is 0. The molecule has 0 radical (unpaired) electrons. The van der Waals surface area contributed by atoms with Gasteiger partial charge in [0.25, 0.3) is 0 Å². The van der Waals surface area contributed by atoms with E-state index < -0.39 is 0 Å². The first kappa shape index (κ1) is 12.3. The van der Waals surface area contributed by atoms with Crippen LogP contribution < -0.4 is 5.73 Å². The summed E-state index contributed by atoms with van der Waals surface area (Å²) in [5.74, 6) is -0.266. The predicted octanol–water partition coefficient (Wildman–Crippen LogP) is 3.94. The van der Waals surface area contributed by atoms with E-state index in [-0.39, 0.29) is 11.9 Å². The molecule has 17 heavy (non-hydrogen) atoms. The monoisotopic (exact) mass is 293 g/mol. The number of benzene rings is 2. The Labute approximate surface area is 109 Å². The number of halogens is 2. The minimum absolute atomic E-state index is 0.244. The predicted molar refractivity (Wildman–Crippen MR) is 71.3 cm³/mol. The zero-order valence-corrected chi connectivity index (χ0v) is 11.0. The molecule has 0 heterocycles. The topological polar surface area (TPSA) is 26.0 Å². The van der Waals surface area contributed by atoms with Gasteiger partial charge in [0, 0.05) is 4.47 Å². The molecule has 88 valence electrons. The van der Waals surface area contributed by atoms with Gasteiger partial charge in [-0.15, -0.1) is 0 Å². The summed E-state index contributed by atoms with van der Waals surface area (Å²) in [6.07, 6.45) is 0. The molecule has 0 bridgehead atoms. The van der Waals surface area contributed by atoms with Gasteiger partial charge in [0.15, 0.2) is 0 Å². The maximum absolute atomic E-state index is 13.0. The summed E-state index contributed by atoms with van der Waals surface area (Å²) in [7, 11) is 0.